The molecule has 22 heavy (non-hydrogen) atoms. The van der Waals surface area contributed by atoms with Crippen molar-refractivity contribution in [3.05, 3.63) is 23.8 Å². The quantitative estimate of drug-likeness (QED) is 0.821. The third-order valence-corrected chi connectivity index (χ3v) is 3.30. The SMILES string of the molecule is CCOc1c(CNC(C)(C)CC(C)(C)C)cccc1OC.[Cl-]. The van der Waals surface area contributed by atoms with E-state index < -0.39 is 0 Å². The second-order valence-electron chi connectivity index (χ2n) is 7.36. The van der Waals surface area contributed by atoms with E-state index >= 15 is 0 Å². The van der Waals surface area contributed by atoms with E-state index in [-0.39, 0.29) is 17.9 Å². The minimum atomic E-state index is 0. The van der Waals surface area contributed by atoms with Gasteiger partial charge in [-0.3, -0.25) is 0 Å². The number of rotatable bonds is 7. The summed E-state index contributed by atoms with van der Waals surface area (Å²) in [6.07, 6.45) is 1.11. The third kappa shape index (κ3) is 6.89. The molecular weight excluding hydrogens is 298 g/mol. The summed E-state index contributed by atoms with van der Waals surface area (Å²) >= 11 is 0. The molecule has 128 valence electrons. The first-order valence-electron chi connectivity index (χ1n) is 7.72. The summed E-state index contributed by atoms with van der Waals surface area (Å²) in [5.41, 5.74) is 1.51. The fraction of sp³-hybridized carbons (Fsp3) is 0.667. The average molecular weight is 329 g/mol. The molecule has 0 amide bonds. The van der Waals surface area contributed by atoms with Gasteiger partial charge < -0.3 is 27.2 Å². The maximum Gasteiger partial charge on any atom is 0.165 e. The van der Waals surface area contributed by atoms with Gasteiger partial charge in [0.25, 0.3) is 0 Å². The molecule has 0 aliphatic carbocycles. The Morgan fingerprint density at radius 2 is 1.73 bits per heavy atom. The lowest BCUT2D eigenvalue weighted by atomic mass is 9.82. The number of ether oxygens (including phenoxy) is 2. The highest BCUT2D eigenvalue weighted by molar-refractivity contribution is 5.46. The van der Waals surface area contributed by atoms with Gasteiger partial charge in [0.1, 0.15) is 0 Å². The first kappa shape index (κ1) is 21.1. The van der Waals surface area contributed by atoms with Crippen molar-refractivity contribution in [2.45, 2.75) is 60.0 Å². The van der Waals surface area contributed by atoms with Crippen molar-refractivity contribution in [3.8, 4) is 11.5 Å². The number of para-hydroxylation sites is 1. The standard InChI is InChI=1S/C18H31NO2.ClH/c1-8-21-16-14(10-9-11-15(16)20-7)12-19-18(5,6)13-17(2,3)4;/h9-11,19H,8,12-13H2,1-7H3;1H/p-1. The van der Waals surface area contributed by atoms with Crippen LogP contribution in [0, 0.1) is 5.41 Å². The van der Waals surface area contributed by atoms with Crippen molar-refractivity contribution >= 4 is 0 Å². The van der Waals surface area contributed by atoms with E-state index in [1.807, 2.05) is 19.1 Å². The summed E-state index contributed by atoms with van der Waals surface area (Å²) < 4.78 is 11.2. The van der Waals surface area contributed by atoms with Gasteiger partial charge in [-0.05, 0) is 38.7 Å². The maximum absolute atomic E-state index is 5.76. The topological polar surface area (TPSA) is 30.5 Å². The van der Waals surface area contributed by atoms with E-state index in [0.29, 0.717) is 12.0 Å². The number of nitrogens with one attached hydrogen (secondary N) is 1. The summed E-state index contributed by atoms with van der Waals surface area (Å²) in [6, 6.07) is 6.04. The molecule has 3 nitrogen and oxygen atoms in total. The van der Waals surface area contributed by atoms with Gasteiger partial charge in [-0.2, -0.15) is 0 Å². The second-order valence-corrected chi connectivity index (χ2v) is 7.36. The van der Waals surface area contributed by atoms with E-state index in [0.717, 1.165) is 30.0 Å². The largest absolute Gasteiger partial charge is 1.00 e. The number of halogens is 1. The van der Waals surface area contributed by atoms with Gasteiger partial charge in [-0.1, -0.05) is 32.9 Å². The Hall–Kier alpha value is -0.930. The zero-order chi connectivity index (χ0) is 16.1. The van der Waals surface area contributed by atoms with Gasteiger partial charge in [-0.25, -0.2) is 0 Å². The Morgan fingerprint density at radius 3 is 2.23 bits per heavy atom. The highest BCUT2D eigenvalue weighted by Gasteiger charge is 2.25. The van der Waals surface area contributed by atoms with Crippen molar-refractivity contribution in [2.24, 2.45) is 5.41 Å². The summed E-state index contributed by atoms with van der Waals surface area (Å²) in [4.78, 5) is 0. The molecule has 1 aromatic rings. The van der Waals surface area contributed by atoms with Crippen molar-refractivity contribution < 1.29 is 21.9 Å². The van der Waals surface area contributed by atoms with Crippen LogP contribution in [-0.2, 0) is 6.54 Å². The highest BCUT2D eigenvalue weighted by Crippen LogP contribution is 2.32. The minimum Gasteiger partial charge on any atom is -1.00 e. The van der Waals surface area contributed by atoms with Crippen LogP contribution in [0.1, 0.15) is 53.5 Å². The Kier molecular flexibility index (Phi) is 8.27. The molecule has 4 heteroatoms. The summed E-state index contributed by atoms with van der Waals surface area (Å²) in [6.45, 7) is 14.7. The molecule has 0 unspecified atom stereocenters. The fourth-order valence-corrected chi connectivity index (χ4v) is 2.89. The molecule has 0 bridgehead atoms. The molecule has 0 fully saturated rings. The minimum absolute atomic E-state index is 0. The monoisotopic (exact) mass is 328 g/mol. The molecule has 1 aromatic carbocycles. The predicted octanol–water partition coefficient (Wildman–Crippen LogP) is 1.40. The van der Waals surface area contributed by atoms with Crippen molar-refractivity contribution in [2.75, 3.05) is 13.7 Å². The van der Waals surface area contributed by atoms with E-state index in [9.17, 15) is 0 Å². The summed E-state index contributed by atoms with van der Waals surface area (Å²) in [5, 5.41) is 3.65. The molecule has 0 radical (unpaired) electrons. The first-order valence-corrected chi connectivity index (χ1v) is 7.72. The van der Waals surface area contributed by atoms with Crippen LogP contribution >= 0.6 is 0 Å². The van der Waals surface area contributed by atoms with Crippen LogP contribution < -0.4 is 27.2 Å². The van der Waals surface area contributed by atoms with Crippen molar-refractivity contribution in [1.82, 2.24) is 5.32 Å². The van der Waals surface area contributed by atoms with Crippen molar-refractivity contribution in [3.63, 3.8) is 0 Å². The molecule has 0 atom stereocenters. The molecule has 0 aromatic heterocycles. The number of hydrogen-bond acceptors (Lipinski definition) is 3. The maximum atomic E-state index is 5.76. The Labute approximate surface area is 142 Å². The lowest BCUT2D eigenvalue weighted by molar-refractivity contribution is -0.00000731. The average Bonchev–Trinajstić information content (AvgIpc) is 2.35. The molecule has 1 N–H and O–H groups in total. The highest BCUT2D eigenvalue weighted by atomic mass is 35.5. The van der Waals surface area contributed by atoms with Crippen LogP contribution in [0.2, 0.25) is 0 Å². The van der Waals surface area contributed by atoms with E-state index in [1.54, 1.807) is 7.11 Å². The lowest BCUT2D eigenvalue weighted by Gasteiger charge is -2.33. The van der Waals surface area contributed by atoms with Gasteiger partial charge in [-0.15, -0.1) is 0 Å². The second kappa shape index (κ2) is 8.64. The molecule has 1 rings (SSSR count). The van der Waals surface area contributed by atoms with Crippen LogP contribution in [0.25, 0.3) is 0 Å². The molecule has 0 saturated carbocycles. The Morgan fingerprint density at radius 1 is 1.09 bits per heavy atom. The zero-order valence-electron chi connectivity index (χ0n) is 15.0. The van der Waals surface area contributed by atoms with Gasteiger partial charge in [0.2, 0.25) is 0 Å². The predicted molar refractivity (Wildman–Crippen MR) is 89.2 cm³/mol. The number of hydrogen-bond donors (Lipinski definition) is 1. The lowest BCUT2D eigenvalue weighted by Crippen LogP contribution is -3.00. The van der Waals surface area contributed by atoms with Gasteiger partial charge in [0.05, 0.1) is 13.7 Å². The van der Waals surface area contributed by atoms with E-state index in [4.69, 9.17) is 9.47 Å². The molecule has 0 aliphatic rings. The van der Waals surface area contributed by atoms with E-state index in [1.165, 1.54) is 0 Å². The van der Waals surface area contributed by atoms with Crippen LogP contribution in [0.15, 0.2) is 18.2 Å². The van der Waals surface area contributed by atoms with Gasteiger partial charge in [0, 0.05) is 17.6 Å². The van der Waals surface area contributed by atoms with Gasteiger partial charge in [0.15, 0.2) is 11.5 Å². The van der Waals surface area contributed by atoms with Crippen molar-refractivity contribution in [1.29, 1.82) is 0 Å². The molecule has 0 aliphatic heterocycles. The third-order valence-electron chi connectivity index (χ3n) is 3.30. The fourth-order valence-electron chi connectivity index (χ4n) is 2.89. The first-order chi connectivity index (χ1) is 9.68. The number of methoxy groups -OCH3 is 1. The Balaban J connectivity index is 0.00000441. The zero-order valence-corrected chi connectivity index (χ0v) is 15.8. The van der Waals surface area contributed by atoms with Gasteiger partial charge >= 0.3 is 0 Å². The summed E-state index contributed by atoms with van der Waals surface area (Å²) in [5.74, 6) is 1.64. The normalized spacial score (nSPS) is 11.8. The van der Waals surface area contributed by atoms with Crippen LogP contribution in [0.4, 0.5) is 0 Å². The molecule has 0 spiro atoms. The number of benzene rings is 1. The molecule has 0 heterocycles. The van der Waals surface area contributed by atoms with Crippen LogP contribution in [0.5, 0.6) is 11.5 Å². The molecular formula is C18H31ClNO2-. The van der Waals surface area contributed by atoms with Crippen LogP contribution in [0.3, 0.4) is 0 Å². The molecule has 0 saturated heterocycles. The summed E-state index contributed by atoms with van der Waals surface area (Å²) in [7, 11) is 1.68. The smallest absolute Gasteiger partial charge is 0.165 e. The Bertz CT molecular complexity index is 453. The van der Waals surface area contributed by atoms with Crippen LogP contribution in [-0.4, -0.2) is 19.3 Å². The van der Waals surface area contributed by atoms with E-state index in [2.05, 4.69) is 46.0 Å².